The molecule has 2 heterocycles. The monoisotopic (exact) mass is 431 g/mol. The molecule has 3 rings (SSSR count). The lowest BCUT2D eigenvalue weighted by Crippen LogP contribution is -2.40. The van der Waals surface area contributed by atoms with Crippen molar-refractivity contribution < 1.29 is 9.53 Å². The number of carbonyl (C=O) groups is 1. The van der Waals surface area contributed by atoms with Gasteiger partial charge in [0.15, 0.2) is 0 Å². The van der Waals surface area contributed by atoms with E-state index in [2.05, 4.69) is 22.5 Å². The van der Waals surface area contributed by atoms with E-state index in [4.69, 9.17) is 16.3 Å². The first kappa shape index (κ1) is 23.5. The Labute approximate surface area is 177 Å². The minimum Gasteiger partial charge on any atom is -0.487 e. The number of carbonyl (C=O) groups excluding carboxylic acids is 1. The van der Waals surface area contributed by atoms with Crippen LogP contribution in [0.25, 0.3) is 0 Å². The Morgan fingerprint density at radius 3 is 2.85 bits per heavy atom. The number of anilines is 1. The van der Waals surface area contributed by atoms with Gasteiger partial charge in [-0.3, -0.25) is 9.78 Å². The van der Waals surface area contributed by atoms with Gasteiger partial charge in [-0.05, 0) is 50.6 Å². The number of nitrogens with zero attached hydrogens (tertiary/aromatic N) is 1. The third-order valence-corrected chi connectivity index (χ3v) is 4.61. The van der Waals surface area contributed by atoms with Crippen LogP contribution in [-0.4, -0.2) is 23.5 Å². The summed E-state index contributed by atoms with van der Waals surface area (Å²) in [5, 5.41) is 6.78. The van der Waals surface area contributed by atoms with Gasteiger partial charge < -0.3 is 15.4 Å². The predicted octanol–water partition coefficient (Wildman–Crippen LogP) is 4.48. The maximum Gasteiger partial charge on any atom is 0.227 e. The highest BCUT2D eigenvalue weighted by molar-refractivity contribution is 6.32. The van der Waals surface area contributed by atoms with Gasteiger partial charge in [-0.2, -0.15) is 0 Å². The zero-order valence-corrected chi connectivity index (χ0v) is 17.4. The molecule has 27 heavy (non-hydrogen) atoms. The highest BCUT2D eigenvalue weighted by Gasteiger charge is 2.24. The number of piperidine rings is 1. The quantitative estimate of drug-likeness (QED) is 0.731. The molecule has 1 aliphatic heterocycles. The number of nitrogens with one attached hydrogen (secondary N) is 2. The molecule has 2 aromatic rings. The van der Waals surface area contributed by atoms with Crippen molar-refractivity contribution in [2.75, 3.05) is 11.9 Å². The Kier molecular flexibility index (Phi) is 9.88. The van der Waals surface area contributed by atoms with E-state index < -0.39 is 0 Å². The maximum absolute atomic E-state index is 12.4. The Balaban J connectivity index is 0.00000182. The molecular formula is C19H24Cl3N3O2. The molecule has 8 heteroatoms. The van der Waals surface area contributed by atoms with E-state index in [1.807, 2.05) is 18.2 Å². The Bertz CT molecular complexity index is 731. The summed E-state index contributed by atoms with van der Waals surface area (Å²) in [7, 11) is 0. The van der Waals surface area contributed by atoms with Gasteiger partial charge in [0, 0.05) is 35.6 Å². The van der Waals surface area contributed by atoms with Crippen LogP contribution in [0.4, 0.5) is 5.69 Å². The molecule has 0 radical (unpaired) electrons. The average molecular weight is 433 g/mol. The first-order valence-electron chi connectivity index (χ1n) is 8.47. The minimum atomic E-state index is 0. The number of hydrogen-bond donors (Lipinski definition) is 2. The van der Waals surface area contributed by atoms with E-state index in [1.54, 1.807) is 24.5 Å². The summed E-state index contributed by atoms with van der Waals surface area (Å²) in [6, 6.07) is 9.49. The summed E-state index contributed by atoms with van der Waals surface area (Å²) < 4.78 is 5.72. The van der Waals surface area contributed by atoms with Crippen molar-refractivity contribution in [3.63, 3.8) is 0 Å². The van der Waals surface area contributed by atoms with E-state index in [1.165, 1.54) is 0 Å². The molecule has 0 saturated carbocycles. The van der Waals surface area contributed by atoms with E-state index in [-0.39, 0.29) is 36.6 Å². The molecule has 1 aliphatic rings. The molecular weight excluding hydrogens is 409 g/mol. The van der Waals surface area contributed by atoms with Crippen LogP contribution < -0.4 is 15.4 Å². The van der Waals surface area contributed by atoms with E-state index >= 15 is 0 Å². The Hall–Kier alpha value is -1.53. The number of halogens is 3. The summed E-state index contributed by atoms with van der Waals surface area (Å²) in [5.41, 5.74) is 1.66. The Morgan fingerprint density at radius 2 is 2.19 bits per heavy atom. The van der Waals surface area contributed by atoms with Gasteiger partial charge in [0.2, 0.25) is 5.91 Å². The summed E-state index contributed by atoms with van der Waals surface area (Å²) >= 11 is 6.29. The maximum atomic E-state index is 12.4. The fourth-order valence-electron chi connectivity index (χ4n) is 2.95. The smallest absolute Gasteiger partial charge is 0.227 e. The topological polar surface area (TPSA) is 63.2 Å². The van der Waals surface area contributed by atoms with Crippen LogP contribution in [0, 0.1) is 5.92 Å². The molecule has 1 amide bonds. The summed E-state index contributed by atoms with van der Waals surface area (Å²) in [6.07, 6.45) is 5.18. The third-order valence-electron chi connectivity index (χ3n) is 4.31. The number of aromatic nitrogens is 1. The van der Waals surface area contributed by atoms with Crippen molar-refractivity contribution in [2.24, 2.45) is 5.92 Å². The van der Waals surface area contributed by atoms with Crippen LogP contribution in [0.15, 0.2) is 42.7 Å². The summed E-state index contributed by atoms with van der Waals surface area (Å²) in [4.78, 5) is 16.5. The SMILES string of the molecule is C[C@H]1C[C@@H](C(=O)Nc2ccc(OCc3cccnc3)c(Cl)c2)CCN1.Cl.Cl. The molecule has 2 atom stereocenters. The third kappa shape index (κ3) is 6.85. The van der Waals surface area contributed by atoms with Gasteiger partial charge in [0.1, 0.15) is 12.4 Å². The van der Waals surface area contributed by atoms with E-state index in [0.29, 0.717) is 29.1 Å². The second-order valence-corrected chi connectivity index (χ2v) is 6.77. The number of hydrogen-bond acceptors (Lipinski definition) is 4. The molecule has 0 spiro atoms. The molecule has 1 fully saturated rings. The second-order valence-electron chi connectivity index (χ2n) is 6.36. The van der Waals surface area contributed by atoms with Crippen molar-refractivity contribution in [2.45, 2.75) is 32.4 Å². The van der Waals surface area contributed by atoms with Gasteiger partial charge in [-0.25, -0.2) is 0 Å². The van der Waals surface area contributed by atoms with Crippen LogP contribution in [0.1, 0.15) is 25.3 Å². The number of amides is 1. The lowest BCUT2D eigenvalue weighted by Gasteiger charge is -2.27. The van der Waals surface area contributed by atoms with Gasteiger partial charge in [0.05, 0.1) is 5.02 Å². The molecule has 1 aromatic carbocycles. The van der Waals surface area contributed by atoms with E-state index in [9.17, 15) is 4.79 Å². The number of ether oxygens (including phenoxy) is 1. The van der Waals surface area contributed by atoms with Crippen LogP contribution in [0.2, 0.25) is 5.02 Å². The van der Waals surface area contributed by atoms with Gasteiger partial charge in [-0.1, -0.05) is 17.7 Å². The van der Waals surface area contributed by atoms with Crippen molar-refractivity contribution in [1.82, 2.24) is 10.3 Å². The first-order chi connectivity index (χ1) is 12.1. The van der Waals surface area contributed by atoms with Crippen molar-refractivity contribution in [3.8, 4) is 5.75 Å². The second kappa shape index (κ2) is 11.3. The Morgan fingerprint density at radius 1 is 1.37 bits per heavy atom. The number of pyridine rings is 1. The van der Waals surface area contributed by atoms with Gasteiger partial charge >= 0.3 is 0 Å². The molecule has 1 saturated heterocycles. The number of rotatable bonds is 5. The molecule has 0 unspecified atom stereocenters. The van der Waals surface area contributed by atoms with Crippen LogP contribution >= 0.6 is 36.4 Å². The fraction of sp³-hybridized carbons (Fsp3) is 0.368. The highest BCUT2D eigenvalue weighted by atomic mass is 35.5. The van der Waals surface area contributed by atoms with Crippen LogP contribution in [-0.2, 0) is 11.4 Å². The normalized spacial score (nSPS) is 18.6. The molecule has 1 aromatic heterocycles. The van der Waals surface area contributed by atoms with Crippen molar-refractivity contribution in [3.05, 3.63) is 53.3 Å². The molecule has 0 aliphatic carbocycles. The standard InChI is InChI=1S/C19H22ClN3O2.2ClH/c1-13-9-15(6-8-22-13)19(24)23-16-4-5-18(17(20)10-16)25-12-14-3-2-7-21-11-14;;/h2-5,7,10-11,13,15,22H,6,8-9,12H2,1H3,(H,23,24);2*1H/t13-,15-;;/m0../s1. The lowest BCUT2D eigenvalue weighted by molar-refractivity contribution is -0.120. The number of benzene rings is 1. The molecule has 2 N–H and O–H groups in total. The molecule has 148 valence electrons. The minimum absolute atomic E-state index is 0. The molecule has 0 bridgehead atoms. The summed E-state index contributed by atoms with van der Waals surface area (Å²) in [6.45, 7) is 3.37. The predicted molar refractivity (Wildman–Crippen MR) is 113 cm³/mol. The highest BCUT2D eigenvalue weighted by Crippen LogP contribution is 2.29. The van der Waals surface area contributed by atoms with Gasteiger partial charge in [-0.15, -0.1) is 24.8 Å². The molecule has 5 nitrogen and oxygen atoms in total. The van der Waals surface area contributed by atoms with Crippen LogP contribution in [0.5, 0.6) is 5.75 Å². The fourth-order valence-corrected chi connectivity index (χ4v) is 3.19. The lowest BCUT2D eigenvalue weighted by atomic mass is 9.92. The summed E-state index contributed by atoms with van der Waals surface area (Å²) in [5.74, 6) is 0.670. The average Bonchev–Trinajstić information content (AvgIpc) is 2.62. The van der Waals surface area contributed by atoms with E-state index in [0.717, 1.165) is 24.9 Å². The largest absolute Gasteiger partial charge is 0.487 e. The van der Waals surface area contributed by atoms with Gasteiger partial charge in [0.25, 0.3) is 0 Å². The zero-order valence-electron chi connectivity index (χ0n) is 15.0. The van der Waals surface area contributed by atoms with Crippen molar-refractivity contribution >= 4 is 48.0 Å². The zero-order chi connectivity index (χ0) is 17.6. The van der Waals surface area contributed by atoms with Crippen LogP contribution in [0.3, 0.4) is 0 Å². The van der Waals surface area contributed by atoms with Crippen molar-refractivity contribution in [1.29, 1.82) is 0 Å². The first-order valence-corrected chi connectivity index (χ1v) is 8.85.